The zero-order valence-corrected chi connectivity index (χ0v) is 16.0. The smallest absolute Gasteiger partial charge is 0.262 e. The molecule has 0 spiro atoms. The average Bonchev–Trinajstić information content (AvgIpc) is 2.59. The summed E-state index contributed by atoms with van der Waals surface area (Å²) in [5.74, 6) is 0.391. The fourth-order valence-corrected chi connectivity index (χ4v) is 2.76. The standard InChI is InChI=1S/C20H23ClN2O3/c1-4-23(15(3)24)12-16-6-5-7-18(11-16)22-20(25)13-26-19-9-8-17(21)10-14(19)2/h5-11H,4,12-13H2,1-3H3,(H,22,25). The summed E-state index contributed by atoms with van der Waals surface area (Å²) in [6, 6.07) is 12.7. The number of carbonyl (C=O) groups is 2. The first-order valence-corrected chi connectivity index (χ1v) is 8.80. The molecule has 2 rings (SSSR count). The van der Waals surface area contributed by atoms with Crippen LogP contribution >= 0.6 is 11.6 Å². The predicted molar refractivity (Wildman–Crippen MR) is 104 cm³/mol. The minimum absolute atomic E-state index is 0.0219. The number of rotatable bonds is 7. The molecule has 0 radical (unpaired) electrons. The molecule has 0 aromatic heterocycles. The Labute approximate surface area is 158 Å². The molecule has 0 bridgehead atoms. The zero-order valence-electron chi connectivity index (χ0n) is 15.2. The van der Waals surface area contributed by atoms with Gasteiger partial charge in [-0.05, 0) is 55.3 Å². The molecule has 0 heterocycles. The molecule has 2 aromatic carbocycles. The van der Waals surface area contributed by atoms with Gasteiger partial charge in [-0.15, -0.1) is 0 Å². The molecule has 0 saturated carbocycles. The van der Waals surface area contributed by atoms with E-state index in [-0.39, 0.29) is 18.4 Å². The van der Waals surface area contributed by atoms with E-state index in [1.54, 1.807) is 36.1 Å². The summed E-state index contributed by atoms with van der Waals surface area (Å²) in [4.78, 5) is 25.4. The lowest BCUT2D eigenvalue weighted by Crippen LogP contribution is -2.27. The largest absolute Gasteiger partial charge is 0.483 e. The van der Waals surface area contributed by atoms with Gasteiger partial charge in [-0.1, -0.05) is 23.7 Å². The molecule has 138 valence electrons. The molecule has 0 aliphatic heterocycles. The van der Waals surface area contributed by atoms with Crippen molar-refractivity contribution in [1.29, 1.82) is 0 Å². The minimum Gasteiger partial charge on any atom is -0.483 e. The molecule has 0 unspecified atom stereocenters. The van der Waals surface area contributed by atoms with Crippen LogP contribution in [-0.4, -0.2) is 29.9 Å². The number of amides is 2. The summed E-state index contributed by atoms with van der Waals surface area (Å²) in [5, 5.41) is 3.44. The van der Waals surface area contributed by atoms with Gasteiger partial charge in [0.15, 0.2) is 6.61 Å². The van der Waals surface area contributed by atoms with Crippen LogP contribution in [0.4, 0.5) is 5.69 Å². The molecule has 5 nitrogen and oxygen atoms in total. The van der Waals surface area contributed by atoms with Gasteiger partial charge in [-0.3, -0.25) is 9.59 Å². The molecule has 0 saturated heterocycles. The van der Waals surface area contributed by atoms with E-state index in [1.165, 1.54) is 0 Å². The molecule has 0 aliphatic rings. The van der Waals surface area contributed by atoms with E-state index in [0.717, 1.165) is 11.1 Å². The first kappa shape index (κ1) is 19.8. The molecular formula is C20H23ClN2O3. The van der Waals surface area contributed by atoms with E-state index >= 15 is 0 Å². The number of anilines is 1. The Kier molecular flexibility index (Phi) is 7.04. The van der Waals surface area contributed by atoms with Crippen LogP contribution in [0, 0.1) is 6.92 Å². The summed E-state index contributed by atoms with van der Waals surface area (Å²) >= 11 is 5.91. The van der Waals surface area contributed by atoms with E-state index in [4.69, 9.17) is 16.3 Å². The van der Waals surface area contributed by atoms with Crippen LogP contribution in [0.15, 0.2) is 42.5 Å². The maximum Gasteiger partial charge on any atom is 0.262 e. The van der Waals surface area contributed by atoms with Crippen LogP contribution in [0.2, 0.25) is 5.02 Å². The fraction of sp³-hybridized carbons (Fsp3) is 0.300. The predicted octanol–water partition coefficient (Wildman–Crippen LogP) is 4.03. The number of carbonyl (C=O) groups excluding carboxylic acids is 2. The van der Waals surface area contributed by atoms with Crippen molar-refractivity contribution in [3.05, 3.63) is 58.6 Å². The van der Waals surface area contributed by atoms with Crippen molar-refractivity contribution in [2.75, 3.05) is 18.5 Å². The number of nitrogens with zero attached hydrogens (tertiary/aromatic N) is 1. The highest BCUT2D eigenvalue weighted by molar-refractivity contribution is 6.30. The first-order valence-electron chi connectivity index (χ1n) is 8.42. The lowest BCUT2D eigenvalue weighted by Gasteiger charge is -2.19. The Morgan fingerprint density at radius 3 is 2.62 bits per heavy atom. The van der Waals surface area contributed by atoms with Crippen molar-refractivity contribution >= 4 is 29.1 Å². The van der Waals surface area contributed by atoms with E-state index < -0.39 is 0 Å². The highest BCUT2D eigenvalue weighted by Crippen LogP contribution is 2.21. The lowest BCUT2D eigenvalue weighted by molar-refractivity contribution is -0.129. The summed E-state index contributed by atoms with van der Waals surface area (Å²) in [6.45, 7) is 6.41. The number of hydrogen-bond donors (Lipinski definition) is 1. The topological polar surface area (TPSA) is 58.6 Å². The molecule has 0 atom stereocenters. The molecule has 6 heteroatoms. The third kappa shape index (κ3) is 5.77. The third-order valence-electron chi connectivity index (χ3n) is 3.91. The Balaban J connectivity index is 1.94. The molecule has 2 aromatic rings. The Bertz CT molecular complexity index is 792. The number of halogens is 1. The molecule has 0 aliphatic carbocycles. The number of aryl methyl sites for hydroxylation is 1. The van der Waals surface area contributed by atoms with Crippen molar-refractivity contribution < 1.29 is 14.3 Å². The van der Waals surface area contributed by atoms with Crippen molar-refractivity contribution in [2.24, 2.45) is 0 Å². The SMILES string of the molecule is CCN(Cc1cccc(NC(=O)COc2ccc(Cl)cc2C)c1)C(C)=O. The second-order valence-corrected chi connectivity index (χ2v) is 6.42. The maximum absolute atomic E-state index is 12.1. The van der Waals surface area contributed by atoms with Crippen molar-refractivity contribution in [3.63, 3.8) is 0 Å². The Hall–Kier alpha value is -2.53. The van der Waals surface area contributed by atoms with Gasteiger partial charge in [0.1, 0.15) is 5.75 Å². The van der Waals surface area contributed by atoms with Gasteiger partial charge in [0.2, 0.25) is 5.91 Å². The quantitative estimate of drug-likeness (QED) is 0.795. The second kappa shape index (κ2) is 9.25. The molecular weight excluding hydrogens is 352 g/mol. The van der Waals surface area contributed by atoms with Gasteiger partial charge in [0, 0.05) is 30.7 Å². The summed E-state index contributed by atoms with van der Waals surface area (Å²) in [6.07, 6.45) is 0. The normalized spacial score (nSPS) is 10.3. The monoisotopic (exact) mass is 374 g/mol. The van der Waals surface area contributed by atoms with Crippen LogP contribution in [0.1, 0.15) is 25.0 Å². The highest BCUT2D eigenvalue weighted by Gasteiger charge is 2.09. The maximum atomic E-state index is 12.1. The Morgan fingerprint density at radius 2 is 1.96 bits per heavy atom. The first-order chi connectivity index (χ1) is 12.4. The van der Waals surface area contributed by atoms with Gasteiger partial charge in [-0.25, -0.2) is 0 Å². The minimum atomic E-state index is -0.254. The summed E-state index contributed by atoms with van der Waals surface area (Å²) in [5.41, 5.74) is 2.49. The third-order valence-corrected chi connectivity index (χ3v) is 4.14. The number of ether oxygens (including phenoxy) is 1. The van der Waals surface area contributed by atoms with Crippen LogP contribution in [-0.2, 0) is 16.1 Å². The van der Waals surface area contributed by atoms with E-state index in [0.29, 0.717) is 29.5 Å². The Morgan fingerprint density at radius 1 is 1.19 bits per heavy atom. The van der Waals surface area contributed by atoms with Gasteiger partial charge >= 0.3 is 0 Å². The van der Waals surface area contributed by atoms with E-state index in [1.807, 2.05) is 32.0 Å². The van der Waals surface area contributed by atoms with Crippen LogP contribution in [0.3, 0.4) is 0 Å². The average molecular weight is 375 g/mol. The van der Waals surface area contributed by atoms with Gasteiger partial charge < -0.3 is 15.0 Å². The van der Waals surface area contributed by atoms with E-state index in [2.05, 4.69) is 5.32 Å². The summed E-state index contributed by atoms with van der Waals surface area (Å²) < 4.78 is 5.55. The van der Waals surface area contributed by atoms with Crippen molar-refractivity contribution in [1.82, 2.24) is 4.90 Å². The lowest BCUT2D eigenvalue weighted by atomic mass is 10.2. The molecule has 2 amide bonds. The van der Waals surface area contributed by atoms with Crippen LogP contribution in [0.5, 0.6) is 5.75 Å². The van der Waals surface area contributed by atoms with Gasteiger partial charge in [-0.2, -0.15) is 0 Å². The van der Waals surface area contributed by atoms with Crippen molar-refractivity contribution in [3.8, 4) is 5.75 Å². The number of hydrogen-bond acceptors (Lipinski definition) is 3. The van der Waals surface area contributed by atoms with Crippen LogP contribution in [0.25, 0.3) is 0 Å². The number of benzene rings is 2. The van der Waals surface area contributed by atoms with E-state index in [9.17, 15) is 9.59 Å². The number of nitrogens with one attached hydrogen (secondary N) is 1. The molecule has 26 heavy (non-hydrogen) atoms. The van der Waals surface area contributed by atoms with Crippen molar-refractivity contribution in [2.45, 2.75) is 27.3 Å². The fourth-order valence-electron chi connectivity index (χ4n) is 2.53. The van der Waals surface area contributed by atoms with Crippen LogP contribution < -0.4 is 10.1 Å². The zero-order chi connectivity index (χ0) is 19.1. The summed E-state index contributed by atoms with van der Waals surface area (Å²) in [7, 11) is 0. The molecule has 1 N–H and O–H groups in total. The highest BCUT2D eigenvalue weighted by atomic mass is 35.5. The second-order valence-electron chi connectivity index (χ2n) is 5.98. The van der Waals surface area contributed by atoms with Gasteiger partial charge in [0.05, 0.1) is 0 Å². The molecule has 0 fully saturated rings. The van der Waals surface area contributed by atoms with Gasteiger partial charge in [0.25, 0.3) is 5.91 Å².